The van der Waals surface area contributed by atoms with Crippen molar-refractivity contribution in [1.29, 1.82) is 0 Å². The molecule has 1 atom stereocenters. The number of alkyl halides is 3. The Labute approximate surface area is 204 Å². The summed E-state index contributed by atoms with van der Waals surface area (Å²) in [4.78, 5) is 12.7. The number of aliphatic hydroxyl groups is 1. The van der Waals surface area contributed by atoms with Crippen molar-refractivity contribution in [3.63, 3.8) is 0 Å². The number of nitrogens with two attached hydrogens (primary N) is 1. The number of anilines is 1. The van der Waals surface area contributed by atoms with Gasteiger partial charge in [0.15, 0.2) is 5.60 Å². The summed E-state index contributed by atoms with van der Waals surface area (Å²) in [6.45, 7) is 2.47. The van der Waals surface area contributed by atoms with Gasteiger partial charge in [0, 0.05) is 12.0 Å². The number of para-hydroxylation sites is 2. The van der Waals surface area contributed by atoms with Crippen molar-refractivity contribution in [2.45, 2.75) is 43.9 Å². The molecule has 0 fully saturated rings. The molecule has 1 aliphatic rings. The number of nitrogens with one attached hydrogen (secondary N) is 1. The van der Waals surface area contributed by atoms with Gasteiger partial charge >= 0.3 is 6.18 Å². The van der Waals surface area contributed by atoms with Gasteiger partial charge < -0.3 is 20.9 Å². The normalized spacial score (nSPS) is 15.2. The standard InChI is InChI=1S/C25H26F4N4O3/c1-23(2,17-7-5-6-15-10-11-36-20(15)17)13-24(35,25(27,28)29)14-31-22(34)16-12-32-33(21(16)30)19-9-4-3-8-18(19)26/h3-9,12,35H,10-11,13-14,30H2,1-2H3,(H,31,34). The largest absolute Gasteiger partial charge is 0.493 e. The van der Waals surface area contributed by atoms with Crippen LogP contribution in [0.2, 0.25) is 0 Å². The van der Waals surface area contributed by atoms with Gasteiger partial charge in [0.2, 0.25) is 0 Å². The van der Waals surface area contributed by atoms with Gasteiger partial charge in [0.25, 0.3) is 5.91 Å². The summed E-state index contributed by atoms with van der Waals surface area (Å²) in [6.07, 6.45) is -4.12. The molecule has 192 valence electrons. The molecule has 4 N–H and O–H groups in total. The lowest BCUT2D eigenvalue weighted by Crippen LogP contribution is -2.56. The van der Waals surface area contributed by atoms with E-state index in [0.29, 0.717) is 24.3 Å². The van der Waals surface area contributed by atoms with Crippen LogP contribution in [0, 0.1) is 5.82 Å². The fraction of sp³-hybridized carbons (Fsp3) is 0.360. The van der Waals surface area contributed by atoms with Crippen LogP contribution in [0.3, 0.4) is 0 Å². The minimum atomic E-state index is -5.06. The molecular weight excluding hydrogens is 480 g/mol. The third kappa shape index (κ3) is 4.62. The molecule has 36 heavy (non-hydrogen) atoms. The van der Waals surface area contributed by atoms with Crippen molar-refractivity contribution in [3.8, 4) is 11.4 Å². The smallest absolute Gasteiger partial charge is 0.418 e. The first-order valence-corrected chi connectivity index (χ1v) is 11.2. The molecule has 2 heterocycles. The zero-order chi connectivity index (χ0) is 26.3. The molecule has 7 nitrogen and oxygen atoms in total. The van der Waals surface area contributed by atoms with E-state index in [0.717, 1.165) is 16.4 Å². The first-order valence-electron chi connectivity index (χ1n) is 11.2. The van der Waals surface area contributed by atoms with Crippen LogP contribution in [0.4, 0.5) is 23.4 Å². The van der Waals surface area contributed by atoms with E-state index in [4.69, 9.17) is 10.5 Å². The number of carbonyl (C=O) groups is 1. The van der Waals surface area contributed by atoms with Gasteiger partial charge in [-0.15, -0.1) is 0 Å². The molecule has 0 saturated carbocycles. The van der Waals surface area contributed by atoms with Gasteiger partial charge in [-0.05, 0) is 29.5 Å². The summed E-state index contributed by atoms with van der Waals surface area (Å²) in [6, 6.07) is 10.8. The molecule has 0 aliphatic carbocycles. The average molecular weight is 507 g/mol. The maximum atomic E-state index is 14.1. The number of hydrogen-bond acceptors (Lipinski definition) is 5. The van der Waals surface area contributed by atoms with Gasteiger partial charge in [-0.1, -0.05) is 44.2 Å². The molecule has 1 aromatic heterocycles. The maximum Gasteiger partial charge on any atom is 0.418 e. The van der Waals surface area contributed by atoms with E-state index in [1.165, 1.54) is 24.3 Å². The summed E-state index contributed by atoms with van der Waals surface area (Å²) >= 11 is 0. The molecule has 0 saturated heterocycles. The third-order valence-electron chi connectivity index (χ3n) is 6.38. The van der Waals surface area contributed by atoms with Crippen molar-refractivity contribution >= 4 is 11.7 Å². The molecule has 0 bridgehead atoms. The Balaban J connectivity index is 1.56. The van der Waals surface area contributed by atoms with Crippen molar-refractivity contribution in [2.75, 3.05) is 18.9 Å². The zero-order valence-corrected chi connectivity index (χ0v) is 19.7. The Morgan fingerprint density at radius 1 is 1.19 bits per heavy atom. The minimum Gasteiger partial charge on any atom is -0.493 e. The second-order valence-electron chi connectivity index (χ2n) is 9.47. The van der Waals surface area contributed by atoms with Gasteiger partial charge in [-0.3, -0.25) is 4.79 Å². The molecule has 2 aromatic carbocycles. The minimum absolute atomic E-state index is 0.0276. The molecule has 4 rings (SSSR count). The lowest BCUT2D eigenvalue weighted by molar-refractivity contribution is -0.263. The molecular formula is C25H26F4N4O3. The van der Waals surface area contributed by atoms with Crippen molar-refractivity contribution < 1.29 is 32.2 Å². The molecule has 1 amide bonds. The highest BCUT2D eigenvalue weighted by Crippen LogP contribution is 2.45. The number of nitrogens with zero attached hydrogens (tertiary/aromatic N) is 2. The summed E-state index contributed by atoms with van der Waals surface area (Å²) in [5.74, 6) is -1.36. The topological polar surface area (TPSA) is 102 Å². The quantitative estimate of drug-likeness (QED) is 0.422. The third-order valence-corrected chi connectivity index (χ3v) is 6.38. The Morgan fingerprint density at radius 3 is 2.61 bits per heavy atom. The van der Waals surface area contributed by atoms with Crippen LogP contribution in [0.15, 0.2) is 48.7 Å². The maximum absolute atomic E-state index is 14.1. The van der Waals surface area contributed by atoms with Gasteiger partial charge in [-0.2, -0.15) is 18.3 Å². The second-order valence-corrected chi connectivity index (χ2v) is 9.47. The van der Waals surface area contributed by atoms with Gasteiger partial charge in [0.1, 0.15) is 28.6 Å². The Morgan fingerprint density at radius 2 is 1.92 bits per heavy atom. The number of ether oxygens (including phenoxy) is 1. The second kappa shape index (κ2) is 9.12. The highest BCUT2D eigenvalue weighted by atomic mass is 19.4. The van der Waals surface area contributed by atoms with Crippen LogP contribution < -0.4 is 15.8 Å². The van der Waals surface area contributed by atoms with Crippen LogP contribution in [0.1, 0.15) is 41.8 Å². The van der Waals surface area contributed by atoms with Crippen molar-refractivity contribution in [3.05, 3.63) is 71.2 Å². The Hall–Kier alpha value is -3.60. The first-order chi connectivity index (χ1) is 16.8. The van der Waals surface area contributed by atoms with E-state index >= 15 is 0 Å². The molecule has 1 unspecified atom stereocenters. The number of amides is 1. The number of hydrogen-bond donors (Lipinski definition) is 3. The van der Waals surface area contributed by atoms with Crippen molar-refractivity contribution in [2.24, 2.45) is 0 Å². The van der Waals surface area contributed by atoms with E-state index in [1.54, 1.807) is 26.0 Å². The summed E-state index contributed by atoms with van der Waals surface area (Å²) < 4.78 is 63.1. The van der Waals surface area contributed by atoms with Crippen LogP contribution in [0.25, 0.3) is 5.69 Å². The van der Waals surface area contributed by atoms with Crippen LogP contribution >= 0.6 is 0 Å². The van der Waals surface area contributed by atoms with Crippen molar-refractivity contribution in [1.82, 2.24) is 15.1 Å². The predicted octanol–water partition coefficient (Wildman–Crippen LogP) is 3.92. The van der Waals surface area contributed by atoms with E-state index in [-0.39, 0.29) is 17.1 Å². The number of carbonyl (C=O) groups excluding carboxylic acids is 1. The first kappa shape index (κ1) is 25.5. The molecule has 3 aromatic rings. The average Bonchev–Trinajstić information content (AvgIpc) is 3.43. The fourth-order valence-corrected chi connectivity index (χ4v) is 4.51. The monoisotopic (exact) mass is 506 g/mol. The Bertz CT molecular complexity index is 1290. The van der Waals surface area contributed by atoms with Crippen LogP contribution in [-0.4, -0.2) is 45.7 Å². The predicted molar refractivity (Wildman–Crippen MR) is 125 cm³/mol. The number of nitrogen functional groups attached to an aromatic ring is 1. The summed E-state index contributed by atoms with van der Waals surface area (Å²) in [5, 5.41) is 16.8. The SMILES string of the molecule is CC(C)(CC(O)(CNC(=O)c1cnn(-c2ccccc2F)c1N)C(F)(F)F)c1cccc2c1OCC2. The number of rotatable bonds is 7. The fourth-order valence-electron chi connectivity index (χ4n) is 4.51. The van der Waals surface area contributed by atoms with Gasteiger partial charge in [0.05, 0.1) is 19.3 Å². The molecule has 1 aliphatic heterocycles. The number of aromatic nitrogens is 2. The lowest BCUT2D eigenvalue weighted by atomic mass is 9.74. The Kier molecular flexibility index (Phi) is 6.46. The van der Waals surface area contributed by atoms with Crippen LogP contribution in [-0.2, 0) is 11.8 Å². The highest BCUT2D eigenvalue weighted by Gasteiger charge is 2.56. The van der Waals surface area contributed by atoms with Gasteiger partial charge in [-0.25, -0.2) is 9.07 Å². The number of halogens is 4. The molecule has 0 spiro atoms. The van der Waals surface area contributed by atoms with E-state index in [9.17, 15) is 27.5 Å². The molecule has 11 heteroatoms. The number of fused-ring (bicyclic) bond motifs is 1. The van der Waals surface area contributed by atoms with E-state index in [2.05, 4.69) is 10.4 Å². The van der Waals surface area contributed by atoms with Crippen LogP contribution in [0.5, 0.6) is 5.75 Å². The zero-order valence-electron chi connectivity index (χ0n) is 19.7. The lowest BCUT2D eigenvalue weighted by Gasteiger charge is -2.38. The van der Waals surface area contributed by atoms with E-state index in [1.807, 2.05) is 6.07 Å². The number of benzene rings is 2. The molecule has 0 radical (unpaired) electrons. The summed E-state index contributed by atoms with van der Waals surface area (Å²) in [7, 11) is 0. The van der Waals surface area contributed by atoms with E-state index < -0.39 is 41.9 Å². The summed E-state index contributed by atoms with van der Waals surface area (Å²) in [5.41, 5.74) is 2.68. The highest BCUT2D eigenvalue weighted by molar-refractivity contribution is 5.98.